The molecule has 3 nitrogen and oxygen atoms in total. The number of hydrogen-bond donors (Lipinski definition) is 1. The first kappa shape index (κ1) is 12.1. The van der Waals surface area contributed by atoms with E-state index in [0.29, 0.717) is 17.6 Å². The lowest BCUT2D eigenvalue weighted by molar-refractivity contribution is 0.0936. The second-order valence-electron chi connectivity index (χ2n) is 2.87. The Labute approximate surface area is 95.7 Å². The van der Waals surface area contributed by atoms with Crippen molar-refractivity contribution in [3.8, 4) is 0 Å². The number of amides is 1. The summed E-state index contributed by atoms with van der Waals surface area (Å²) < 4.78 is 18.2. The molecule has 82 valence electrons. The highest BCUT2D eigenvalue weighted by molar-refractivity contribution is 9.10. The molecule has 0 unspecified atom stereocenters. The molecule has 1 amide bonds. The van der Waals surface area contributed by atoms with Gasteiger partial charge in [0.05, 0.1) is 12.2 Å². The van der Waals surface area contributed by atoms with Crippen molar-refractivity contribution in [2.45, 2.75) is 0 Å². The number of benzene rings is 1. The van der Waals surface area contributed by atoms with Crippen LogP contribution in [0.2, 0.25) is 0 Å². The largest absolute Gasteiger partial charge is 0.383 e. The molecule has 1 aromatic rings. The third kappa shape index (κ3) is 3.60. The zero-order valence-electron chi connectivity index (χ0n) is 8.22. The Morgan fingerprint density at radius 1 is 1.60 bits per heavy atom. The van der Waals surface area contributed by atoms with Gasteiger partial charge in [0.2, 0.25) is 0 Å². The van der Waals surface area contributed by atoms with Gasteiger partial charge in [0, 0.05) is 18.1 Å². The lowest BCUT2D eigenvalue weighted by atomic mass is 10.2. The second kappa shape index (κ2) is 5.82. The van der Waals surface area contributed by atoms with Crippen molar-refractivity contribution >= 4 is 21.8 Å². The van der Waals surface area contributed by atoms with Crippen molar-refractivity contribution in [3.05, 3.63) is 34.1 Å². The number of hydrogen-bond acceptors (Lipinski definition) is 2. The summed E-state index contributed by atoms with van der Waals surface area (Å²) in [7, 11) is 1.55. The normalized spacial score (nSPS) is 10.1. The fraction of sp³-hybridized carbons (Fsp3) is 0.300. The predicted molar refractivity (Wildman–Crippen MR) is 58.3 cm³/mol. The van der Waals surface area contributed by atoms with Crippen molar-refractivity contribution in [1.82, 2.24) is 5.32 Å². The number of carbonyl (C=O) groups is 1. The molecule has 0 aliphatic carbocycles. The lowest BCUT2D eigenvalue weighted by Crippen LogP contribution is -2.27. The molecule has 0 heterocycles. The van der Waals surface area contributed by atoms with Gasteiger partial charge in [-0.1, -0.05) is 0 Å². The Bertz CT molecular complexity index is 357. The second-order valence-corrected chi connectivity index (χ2v) is 3.73. The number of ether oxygens (including phenoxy) is 1. The predicted octanol–water partition coefficient (Wildman–Crippen LogP) is 1.96. The minimum Gasteiger partial charge on any atom is -0.383 e. The van der Waals surface area contributed by atoms with Crippen molar-refractivity contribution in [1.29, 1.82) is 0 Å². The molecular weight excluding hydrogens is 265 g/mol. The molecule has 0 aliphatic rings. The van der Waals surface area contributed by atoms with Crippen LogP contribution in [0.5, 0.6) is 0 Å². The molecule has 0 saturated carbocycles. The summed E-state index contributed by atoms with van der Waals surface area (Å²) in [5.41, 5.74) is 0.283. The zero-order chi connectivity index (χ0) is 11.3. The topological polar surface area (TPSA) is 38.3 Å². The minimum absolute atomic E-state index is 0.283. The minimum atomic E-state index is -0.435. The Morgan fingerprint density at radius 2 is 2.33 bits per heavy atom. The quantitative estimate of drug-likeness (QED) is 0.854. The molecule has 0 bridgehead atoms. The third-order valence-electron chi connectivity index (χ3n) is 1.76. The van der Waals surface area contributed by atoms with Gasteiger partial charge in [0.25, 0.3) is 5.91 Å². The van der Waals surface area contributed by atoms with Crippen LogP contribution in [0.25, 0.3) is 0 Å². The summed E-state index contributed by atoms with van der Waals surface area (Å²) in [6, 6.07) is 3.98. The molecular formula is C10H11BrFNO2. The third-order valence-corrected chi connectivity index (χ3v) is 2.46. The van der Waals surface area contributed by atoms with Gasteiger partial charge >= 0.3 is 0 Å². The summed E-state index contributed by atoms with van der Waals surface area (Å²) >= 11 is 3.18. The summed E-state index contributed by atoms with van der Waals surface area (Å²) in [6.07, 6.45) is 0. The van der Waals surface area contributed by atoms with Crippen LogP contribution in [0, 0.1) is 5.82 Å². The van der Waals surface area contributed by atoms with Gasteiger partial charge in [-0.3, -0.25) is 4.79 Å². The van der Waals surface area contributed by atoms with Gasteiger partial charge in [0.15, 0.2) is 0 Å². The van der Waals surface area contributed by atoms with Crippen molar-refractivity contribution < 1.29 is 13.9 Å². The van der Waals surface area contributed by atoms with E-state index in [4.69, 9.17) is 4.74 Å². The molecule has 0 saturated heterocycles. The molecule has 5 heteroatoms. The Morgan fingerprint density at radius 3 is 3.00 bits per heavy atom. The van der Waals surface area contributed by atoms with Crippen LogP contribution >= 0.6 is 15.9 Å². The van der Waals surface area contributed by atoms with E-state index >= 15 is 0 Å². The summed E-state index contributed by atoms with van der Waals surface area (Å²) in [6.45, 7) is 0.830. The first-order valence-electron chi connectivity index (χ1n) is 4.37. The van der Waals surface area contributed by atoms with E-state index in [1.165, 1.54) is 18.2 Å². The first-order valence-corrected chi connectivity index (χ1v) is 5.16. The number of methoxy groups -OCH3 is 1. The summed E-state index contributed by atoms with van der Waals surface area (Å²) in [5, 5.41) is 2.61. The molecule has 0 fully saturated rings. The van der Waals surface area contributed by atoms with Crippen LogP contribution in [0.1, 0.15) is 10.4 Å². The van der Waals surface area contributed by atoms with E-state index in [1.807, 2.05) is 0 Å². The number of carbonyl (C=O) groups excluding carboxylic acids is 1. The highest BCUT2D eigenvalue weighted by Crippen LogP contribution is 2.17. The molecule has 1 N–H and O–H groups in total. The van der Waals surface area contributed by atoms with Crippen molar-refractivity contribution in [3.63, 3.8) is 0 Å². The number of rotatable bonds is 4. The maximum atomic E-state index is 12.9. The highest BCUT2D eigenvalue weighted by atomic mass is 79.9. The van der Waals surface area contributed by atoms with E-state index in [1.54, 1.807) is 7.11 Å². The number of nitrogens with one attached hydrogen (secondary N) is 1. The molecule has 0 aliphatic heterocycles. The summed E-state index contributed by atoms with van der Waals surface area (Å²) in [5.74, 6) is -0.756. The summed E-state index contributed by atoms with van der Waals surface area (Å²) in [4.78, 5) is 11.5. The van der Waals surface area contributed by atoms with Crippen molar-refractivity contribution in [2.75, 3.05) is 20.3 Å². The molecule has 0 radical (unpaired) electrons. The average molecular weight is 276 g/mol. The zero-order valence-corrected chi connectivity index (χ0v) is 9.80. The van der Waals surface area contributed by atoms with E-state index < -0.39 is 5.82 Å². The van der Waals surface area contributed by atoms with Gasteiger partial charge < -0.3 is 10.1 Å². The van der Waals surface area contributed by atoms with Gasteiger partial charge in [-0.2, -0.15) is 0 Å². The van der Waals surface area contributed by atoms with E-state index in [9.17, 15) is 9.18 Å². The first-order chi connectivity index (χ1) is 7.15. The van der Waals surface area contributed by atoms with Crippen LogP contribution in [0.4, 0.5) is 4.39 Å². The van der Waals surface area contributed by atoms with Gasteiger partial charge in [-0.25, -0.2) is 4.39 Å². The number of halogens is 2. The standard InChI is InChI=1S/C10H11BrFNO2/c1-15-5-4-13-10(14)8-6-7(12)2-3-9(8)11/h2-3,6H,4-5H2,1H3,(H,13,14). The van der Waals surface area contributed by atoms with E-state index in [0.717, 1.165) is 0 Å². The Balaban J connectivity index is 2.68. The van der Waals surface area contributed by atoms with Crippen LogP contribution in [0.15, 0.2) is 22.7 Å². The van der Waals surface area contributed by atoms with Gasteiger partial charge in [-0.05, 0) is 34.1 Å². The van der Waals surface area contributed by atoms with Crippen molar-refractivity contribution in [2.24, 2.45) is 0 Å². The van der Waals surface area contributed by atoms with Crippen LogP contribution in [-0.2, 0) is 4.74 Å². The average Bonchev–Trinajstić information content (AvgIpc) is 2.22. The lowest BCUT2D eigenvalue weighted by Gasteiger charge is -2.06. The van der Waals surface area contributed by atoms with Gasteiger partial charge in [-0.15, -0.1) is 0 Å². The monoisotopic (exact) mass is 275 g/mol. The van der Waals surface area contributed by atoms with Crippen LogP contribution in [-0.4, -0.2) is 26.2 Å². The molecule has 1 rings (SSSR count). The fourth-order valence-corrected chi connectivity index (χ4v) is 1.46. The Kier molecular flexibility index (Phi) is 4.71. The van der Waals surface area contributed by atoms with Crippen LogP contribution in [0.3, 0.4) is 0 Å². The fourth-order valence-electron chi connectivity index (χ4n) is 1.03. The van der Waals surface area contributed by atoms with Gasteiger partial charge in [0.1, 0.15) is 5.82 Å². The SMILES string of the molecule is COCCNC(=O)c1cc(F)ccc1Br. The van der Waals surface area contributed by atoms with E-state index in [-0.39, 0.29) is 11.5 Å². The smallest absolute Gasteiger partial charge is 0.252 e. The molecule has 0 atom stereocenters. The Hall–Kier alpha value is -0.940. The highest BCUT2D eigenvalue weighted by Gasteiger charge is 2.10. The molecule has 0 aromatic heterocycles. The van der Waals surface area contributed by atoms with E-state index in [2.05, 4.69) is 21.2 Å². The van der Waals surface area contributed by atoms with Crippen LogP contribution < -0.4 is 5.32 Å². The molecule has 1 aromatic carbocycles. The molecule has 0 spiro atoms. The molecule has 15 heavy (non-hydrogen) atoms. The maximum absolute atomic E-state index is 12.9. The maximum Gasteiger partial charge on any atom is 0.252 e.